The van der Waals surface area contributed by atoms with Crippen LogP contribution in [-0.4, -0.2) is 101 Å². The first-order valence-electron chi connectivity index (χ1n) is 18.8. The molecule has 0 fully saturated rings. The summed E-state index contributed by atoms with van der Waals surface area (Å²) in [6.45, 7) is 0. The van der Waals surface area contributed by atoms with Crippen molar-refractivity contribution in [3.05, 3.63) is 112 Å². The summed E-state index contributed by atoms with van der Waals surface area (Å²) in [7, 11) is 0. The molecule has 21 nitrogen and oxygen atoms in total. The Hall–Kier alpha value is -9.14. The van der Waals surface area contributed by atoms with E-state index in [1.165, 1.54) is 30.3 Å². The lowest BCUT2D eigenvalue weighted by atomic mass is 9.93. The maximum Gasteiger partial charge on any atom is 0.338 e. The molecule has 0 radical (unpaired) electrons. The Balaban J connectivity index is 0.000000194. The van der Waals surface area contributed by atoms with E-state index in [4.69, 9.17) is 18.9 Å². The number of esters is 2. The van der Waals surface area contributed by atoms with Gasteiger partial charge in [-0.1, -0.05) is 6.07 Å². The van der Waals surface area contributed by atoms with E-state index in [1.807, 2.05) is 0 Å². The van der Waals surface area contributed by atoms with Gasteiger partial charge in [0.2, 0.25) is 0 Å². The molecule has 21 heteroatoms. The molecule has 338 valence electrons. The van der Waals surface area contributed by atoms with Crippen LogP contribution in [-0.2, 0) is 22.3 Å². The number of fused-ring (bicyclic) bond motifs is 2. The molecule has 6 aromatic carbocycles. The molecule has 4 unspecified atom stereocenters. The lowest BCUT2D eigenvalue weighted by Gasteiger charge is -2.34. The van der Waals surface area contributed by atoms with Crippen molar-refractivity contribution in [2.45, 2.75) is 37.3 Å². The van der Waals surface area contributed by atoms with Gasteiger partial charge in [0.1, 0.15) is 46.7 Å². The van der Waals surface area contributed by atoms with Crippen LogP contribution in [0.5, 0.6) is 97.7 Å². The Morgan fingerprint density at radius 1 is 0.400 bits per heavy atom. The van der Waals surface area contributed by atoms with Crippen LogP contribution in [0.15, 0.2) is 78.9 Å². The standard InChI is InChI=1S/C22H18O11.C22H18O10/c23-10-5-12(24)11-7-18(33-22(31)9-3-15(27)20(30)16(28)4-9)21(32-17(11)6-10)8-1-13(25)19(29)14(26)2-8;23-11-6-14(25)12-8-19(32-22(30)10-4-16(27)20(29)17(28)5-10)21(31-18(12)7-11)9-1-2-13(24)15(26)3-9/h1-6,18,21,23-30H,7H2;1-7,19,21,23-29H,8H2. The molecule has 0 amide bonds. The Morgan fingerprint density at radius 2 is 0.754 bits per heavy atom. The van der Waals surface area contributed by atoms with E-state index < -0.39 is 93.8 Å². The van der Waals surface area contributed by atoms with Gasteiger partial charge >= 0.3 is 11.9 Å². The summed E-state index contributed by atoms with van der Waals surface area (Å²) in [5.74, 6) is -10.5. The van der Waals surface area contributed by atoms with Crippen molar-refractivity contribution in [2.24, 2.45) is 0 Å². The van der Waals surface area contributed by atoms with Crippen LogP contribution in [0.2, 0.25) is 0 Å². The van der Waals surface area contributed by atoms with Gasteiger partial charge in [0, 0.05) is 59.4 Å². The van der Waals surface area contributed by atoms with Crippen LogP contribution >= 0.6 is 0 Å². The molecule has 65 heavy (non-hydrogen) atoms. The van der Waals surface area contributed by atoms with E-state index in [0.29, 0.717) is 5.56 Å². The summed E-state index contributed by atoms with van der Waals surface area (Å²) in [6.07, 6.45) is -4.61. The van der Waals surface area contributed by atoms with Crippen molar-refractivity contribution in [2.75, 3.05) is 0 Å². The summed E-state index contributed by atoms with van der Waals surface area (Å²) in [6, 6.07) is 14.2. The topological polar surface area (TPSA) is 375 Å². The third-order valence-corrected chi connectivity index (χ3v) is 10.2. The molecule has 2 heterocycles. The monoisotopic (exact) mass is 900 g/mol. The molecule has 0 aliphatic carbocycles. The first-order valence-corrected chi connectivity index (χ1v) is 18.8. The smallest absolute Gasteiger partial charge is 0.338 e. The third kappa shape index (κ3) is 8.82. The zero-order valence-electron chi connectivity index (χ0n) is 32.9. The van der Waals surface area contributed by atoms with E-state index in [1.54, 1.807) is 0 Å². The van der Waals surface area contributed by atoms with E-state index in [-0.39, 0.29) is 80.9 Å². The van der Waals surface area contributed by atoms with Crippen molar-refractivity contribution >= 4 is 11.9 Å². The van der Waals surface area contributed by atoms with Crippen LogP contribution < -0.4 is 9.47 Å². The number of phenols is 15. The maximum atomic E-state index is 12.7. The van der Waals surface area contributed by atoms with E-state index >= 15 is 0 Å². The maximum absolute atomic E-state index is 12.7. The number of carbonyl (C=O) groups is 2. The summed E-state index contributed by atoms with van der Waals surface area (Å²) in [4.78, 5) is 25.4. The predicted molar refractivity (Wildman–Crippen MR) is 216 cm³/mol. The molecule has 0 saturated heterocycles. The van der Waals surface area contributed by atoms with E-state index in [0.717, 1.165) is 48.5 Å². The zero-order valence-corrected chi connectivity index (χ0v) is 32.9. The first kappa shape index (κ1) is 43.9. The molecule has 0 aromatic heterocycles. The number of hydrogen-bond donors (Lipinski definition) is 15. The highest BCUT2D eigenvalue weighted by molar-refractivity contribution is 5.92. The molecular weight excluding hydrogens is 864 g/mol. The average Bonchev–Trinajstić information content (AvgIpc) is 3.24. The summed E-state index contributed by atoms with van der Waals surface area (Å²) >= 11 is 0. The van der Waals surface area contributed by atoms with Gasteiger partial charge in [0.15, 0.2) is 75.5 Å². The molecule has 2 aliphatic rings. The number of carbonyl (C=O) groups excluding carboxylic acids is 2. The summed E-state index contributed by atoms with van der Waals surface area (Å²) in [5, 5.41) is 146. The van der Waals surface area contributed by atoms with Crippen LogP contribution in [0.25, 0.3) is 0 Å². The number of aromatic hydroxyl groups is 15. The Morgan fingerprint density at radius 3 is 1.14 bits per heavy atom. The van der Waals surface area contributed by atoms with Gasteiger partial charge in [-0.05, 0) is 48.5 Å². The first-order chi connectivity index (χ1) is 30.7. The van der Waals surface area contributed by atoms with Gasteiger partial charge in [0.25, 0.3) is 0 Å². The fraction of sp³-hybridized carbons (Fsp3) is 0.136. The number of phenolic OH excluding ortho intramolecular Hbond substituents is 15. The van der Waals surface area contributed by atoms with Crippen LogP contribution in [0.4, 0.5) is 0 Å². The van der Waals surface area contributed by atoms with Gasteiger partial charge in [-0.3, -0.25) is 0 Å². The van der Waals surface area contributed by atoms with Gasteiger partial charge in [-0.2, -0.15) is 0 Å². The molecule has 0 spiro atoms. The second-order valence-corrected chi connectivity index (χ2v) is 14.6. The minimum Gasteiger partial charge on any atom is -0.508 e. The molecule has 0 saturated carbocycles. The highest BCUT2D eigenvalue weighted by Gasteiger charge is 2.39. The average molecular weight is 901 g/mol. The van der Waals surface area contributed by atoms with Crippen molar-refractivity contribution in [3.8, 4) is 97.7 Å². The minimum atomic E-state index is -1.18. The zero-order chi connectivity index (χ0) is 47.2. The summed E-state index contributed by atoms with van der Waals surface area (Å²) < 4.78 is 22.7. The molecule has 15 N–H and O–H groups in total. The molecule has 4 atom stereocenters. The SMILES string of the molecule is O=C(OC1Cc2c(O)cc(O)cc2OC1c1cc(O)c(O)c(O)c1)c1cc(O)c(O)c(O)c1.O=C(OC1Cc2c(O)cc(O)cc2OC1c1ccc(O)c(O)c1)c1cc(O)c(O)c(O)c1. The molecule has 8 rings (SSSR count). The van der Waals surface area contributed by atoms with Gasteiger partial charge in [-0.25, -0.2) is 9.59 Å². The Bertz CT molecular complexity index is 2800. The fourth-order valence-electron chi connectivity index (χ4n) is 7.03. The highest BCUT2D eigenvalue weighted by Crippen LogP contribution is 2.47. The fourth-order valence-corrected chi connectivity index (χ4v) is 7.03. The largest absolute Gasteiger partial charge is 0.508 e. The van der Waals surface area contributed by atoms with Gasteiger partial charge < -0.3 is 95.5 Å². The van der Waals surface area contributed by atoms with Gasteiger partial charge in [0.05, 0.1) is 11.1 Å². The lowest BCUT2D eigenvalue weighted by Crippen LogP contribution is -2.34. The highest BCUT2D eigenvalue weighted by atomic mass is 16.6. The van der Waals surface area contributed by atoms with E-state index in [9.17, 15) is 86.2 Å². The van der Waals surface area contributed by atoms with Crippen LogP contribution in [0, 0.1) is 0 Å². The minimum absolute atomic E-state index is 0.0461. The van der Waals surface area contributed by atoms with Crippen molar-refractivity contribution < 1.29 is 105 Å². The normalized spacial score (nSPS) is 17.2. The van der Waals surface area contributed by atoms with Gasteiger partial charge in [-0.15, -0.1) is 0 Å². The molecule has 6 aromatic rings. The second kappa shape index (κ2) is 17.0. The molecule has 2 aliphatic heterocycles. The second-order valence-electron chi connectivity index (χ2n) is 14.6. The Kier molecular flexibility index (Phi) is 11.5. The number of ether oxygens (including phenoxy) is 4. The number of hydrogen-bond acceptors (Lipinski definition) is 21. The molecular formula is C44H36O21. The van der Waals surface area contributed by atoms with Crippen LogP contribution in [0.1, 0.15) is 55.2 Å². The molecule has 0 bridgehead atoms. The predicted octanol–water partition coefficient (Wildman–Crippen LogP) is 4.76. The number of benzene rings is 6. The third-order valence-electron chi connectivity index (χ3n) is 10.2. The van der Waals surface area contributed by atoms with Crippen molar-refractivity contribution in [3.63, 3.8) is 0 Å². The van der Waals surface area contributed by atoms with Crippen LogP contribution in [0.3, 0.4) is 0 Å². The number of rotatable bonds is 6. The Labute approximate surface area is 363 Å². The van der Waals surface area contributed by atoms with Crippen molar-refractivity contribution in [1.29, 1.82) is 0 Å². The lowest BCUT2D eigenvalue weighted by molar-refractivity contribution is -0.0192. The summed E-state index contributed by atoms with van der Waals surface area (Å²) in [5.41, 5.74) is 0.305. The van der Waals surface area contributed by atoms with Crippen molar-refractivity contribution in [1.82, 2.24) is 0 Å². The van der Waals surface area contributed by atoms with E-state index in [2.05, 4.69) is 0 Å². The quantitative estimate of drug-likeness (QED) is 0.0791.